The van der Waals surface area contributed by atoms with Crippen molar-refractivity contribution in [1.29, 1.82) is 0 Å². The van der Waals surface area contributed by atoms with Gasteiger partial charge in [0.1, 0.15) is 0 Å². The Balaban J connectivity index is 1.77. The first kappa shape index (κ1) is 21.9. The van der Waals surface area contributed by atoms with E-state index in [0.29, 0.717) is 24.5 Å². The van der Waals surface area contributed by atoms with Crippen LogP contribution in [-0.2, 0) is 16.1 Å². The number of aryl methyl sites for hydroxylation is 2. The molecule has 0 radical (unpaired) electrons. The van der Waals surface area contributed by atoms with E-state index in [1.54, 1.807) is 16.4 Å². The van der Waals surface area contributed by atoms with Gasteiger partial charge in [0.2, 0.25) is 0 Å². The van der Waals surface area contributed by atoms with Crippen LogP contribution in [0.1, 0.15) is 73.8 Å². The van der Waals surface area contributed by atoms with Gasteiger partial charge >= 0.3 is 5.97 Å². The van der Waals surface area contributed by atoms with Crippen molar-refractivity contribution in [3.63, 3.8) is 0 Å². The zero-order valence-corrected chi connectivity index (χ0v) is 19.4. The highest BCUT2D eigenvalue weighted by molar-refractivity contribution is 8.14. The van der Waals surface area contributed by atoms with Crippen LogP contribution in [0.15, 0.2) is 9.79 Å². The lowest BCUT2D eigenvalue weighted by atomic mass is 9.94. The number of aromatic amines is 1. The molecule has 0 unspecified atom stereocenters. The fourth-order valence-corrected chi connectivity index (χ4v) is 5.88. The Bertz CT molecular complexity index is 1110. The third kappa shape index (κ3) is 4.10. The molecule has 0 aromatic carbocycles. The average Bonchev–Trinajstić information content (AvgIpc) is 3.14. The van der Waals surface area contributed by atoms with Crippen molar-refractivity contribution in [2.24, 2.45) is 4.99 Å². The molecule has 2 aliphatic rings. The van der Waals surface area contributed by atoms with Crippen molar-refractivity contribution < 1.29 is 14.6 Å². The molecule has 0 saturated carbocycles. The van der Waals surface area contributed by atoms with Gasteiger partial charge in [-0.1, -0.05) is 11.8 Å². The summed E-state index contributed by atoms with van der Waals surface area (Å²) in [6, 6.07) is 0.112. The zero-order chi connectivity index (χ0) is 22.5. The topological polar surface area (TPSA) is 114 Å². The number of hydrogen-bond donors (Lipinski definition) is 2. The number of carbonyl (C=O) groups is 1. The molecule has 2 N–H and O–H groups in total. The van der Waals surface area contributed by atoms with Crippen LogP contribution in [-0.4, -0.2) is 47.9 Å². The van der Waals surface area contributed by atoms with Crippen molar-refractivity contribution in [3.05, 3.63) is 32.9 Å². The van der Waals surface area contributed by atoms with Gasteiger partial charge in [0, 0.05) is 17.9 Å². The van der Waals surface area contributed by atoms with Gasteiger partial charge in [-0.15, -0.1) is 0 Å². The maximum Gasteiger partial charge on any atom is 0.305 e. The number of carboxylic acid groups (broad SMARTS) is 1. The van der Waals surface area contributed by atoms with Crippen LogP contribution in [0.4, 0.5) is 5.82 Å². The predicted octanol–water partition coefficient (Wildman–Crippen LogP) is 3.48. The summed E-state index contributed by atoms with van der Waals surface area (Å²) in [5.74, 6) is -0.176. The van der Waals surface area contributed by atoms with Gasteiger partial charge < -0.3 is 9.84 Å². The average molecular weight is 448 g/mol. The van der Waals surface area contributed by atoms with Crippen LogP contribution in [0.5, 0.6) is 0 Å². The second-order valence-corrected chi connectivity index (χ2v) is 10.2. The van der Waals surface area contributed by atoms with E-state index in [0.717, 1.165) is 34.8 Å². The maximum atomic E-state index is 13.1. The number of fused-ring (bicyclic) bond motifs is 1. The van der Waals surface area contributed by atoms with E-state index in [4.69, 9.17) is 14.8 Å². The van der Waals surface area contributed by atoms with Gasteiger partial charge in [-0.3, -0.25) is 24.1 Å². The number of hydrogen-bond acceptors (Lipinski definition) is 6. The first-order chi connectivity index (χ1) is 14.6. The van der Waals surface area contributed by atoms with Crippen LogP contribution < -0.4 is 5.56 Å². The Hall–Kier alpha value is -2.33. The molecule has 0 aliphatic carbocycles. The quantitative estimate of drug-likeness (QED) is 0.725. The van der Waals surface area contributed by atoms with E-state index >= 15 is 0 Å². The Labute approximate surface area is 184 Å². The number of ether oxygens (including phenoxy) is 1. The van der Waals surface area contributed by atoms with E-state index in [9.17, 15) is 9.59 Å². The van der Waals surface area contributed by atoms with Crippen LogP contribution in [0.2, 0.25) is 0 Å². The number of nitrogens with one attached hydrogen (secondary N) is 1. The smallest absolute Gasteiger partial charge is 0.305 e. The third-order valence-electron chi connectivity index (χ3n) is 6.02. The summed E-state index contributed by atoms with van der Waals surface area (Å²) < 4.78 is 9.51. The van der Waals surface area contributed by atoms with E-state index in [1.807, 2.05) is 25.5 Å². The van der Waals surface area contributed by atoms with Crippen molar-refractivity contribution >= 4 is 28.6 Å². The SMILES string of the molecule is CC1=Nc2c(c(=O)[nH]n2[C@@H]2CCOC(C)(C)C2)[C@H](c2c(C)nn(CCC(=O)O)c2C)S1. The molecule has 0 bridgehead atoms. The summed E-state index contributed by atoms with van der Waals surface area (Å²) in [5, 5.41) is 17.3. The first-order valence-corrected chi connectivity index (χ1v) is 11.4. The summed E-state index contributed by atoms with van der Waals surface area (Å²) in [6.07, 6.45) is 1.61. The highest BCUT2D eigenvalue weighted by atomic mass is 32.2. The molecular formula is C21H29N5O4S. The Morgan fingerprint density at radius 2 is 2.06 bits per heavy atom. The zero-order valence-electron chi connectivity index (χ0n) is 18.6. The Morgan fingerprint density at radius 3 is 2.74 bits per heavy atom. The minimum atomic E-state index is -0.862. The highest BCUT2D eigenvalue weighted by Gasteiger charge is 2.37. The summed E-state index contributed by atoms with van der Waals surface area (Å²) in [7, 11) is 0. The summed E-state index contributed by atoms with van der Waals surface area (Å²) in [6.45, 7) is 10.9. The second-order valence-electron chi connectivity index (χ2n) is 8.88. The lowest BCUT2D eigenvalue weighted by molar-refractivity contribution is -0.137. The maximum absolute atomic E-state index is 13.1. The lowest BCUT2D eigenvalue weighted by Crippen LogP contribution is -2.35. The van der Waals surface area contributed by atoms with Gasteiger partial charge in [-0.05, 0) is 47.5 Å². The standard InChI is InChI=1S/C21H29N5O4S/c1-11-16(12(2)25(23-11)8-6-15(27)28)18-17-19(22-13(3)31-18)26(24-20(17)29)14-7-9-30-21(4,5)10-14/h14,18H,6-10H2,1-5H3,(H,24,29)(H,27,28)/t14-,18+/m1/s1. The fraction of sp³-hybridized carbons (Fsp3) is 0.619. The molecule has 9 nitrogen and oxygen atoms in total. The lowest BCUT2D eigenvalue weighted by Gasteiger charge is -2.36. The molecule has 4 heterocycles. The molecule has 1 fully saturated rings. The molecule has 2 aliphatic heterocycles. The van der Waals surface area contributed by atoms with Gasteiger partial charge in [0.15, 0.2) is 5.82 Å². The van der Waals surface area contributed by atoms with Crippen LogP contribution in [0, 0.1) is 13.8 Å². The molecule has 0 spiro atoms. The minimum absolute atomic E-state index is 0.00143. The molecule has 0 amide bonds. The Morgan fingerprint density at radius 1 is 1.32 bits per heavy atom. The van der Waals surface area contributed by atoms with Crippen molar-refractivity contribution in [3.8, 4) is 0 Å². The van der Waals surface area contributed by atoms with Crippen molar-refractivity contribution in [2.45, 2.75) is 77.3 Å². The molecule has 10 heteroatoms. The molecule has 31 heavy (non-hydrogen) atoms. The first-order valence-electron chi connectivity index (χ1n) is 10.5. The van der Waals surface area contributed by atoms with Crippen LogP contribution in [0.25, 0.3) is 0 Å². The molecule has 2 atom stereocenters. The van der Waals surface area contributed by atoms with E-state index in [-0.39, 0.29) is 28.9 Å². The van der Waals surface area contributed by atoms with Crippen molar-refractivity contribution in [2.75, 3.05) is 6.61 Å². The van der Waals surface area contributed by atoms with Crippen LogP contribution in [0.3, 0.4) is 0 Å². The molecule has 2 aromatic heterocycles. The Kier molecular flexibility index (Phi) is 5.63. The number of aromatic nitrogens is 4. The normalized spacial score (nSPS) is 22.8. The second kappa shape index (κ2) is 7.98. The largest absolute Gasteiger partial charge is 0.481 e. The highest BCUT2D eigenvalue weighted by Crippen LogP contribution is 2.47. The van der Waals surface area contributed by atoms with Gasteiger partial charge in [-0.25, -0.2) is 4.99 Å². The van der Waals surface area contributed by atoms with Gasteiger partial charge in [-0.2, -0.15) is 5.10 Å². The summed E-state index contributed by atoms with van der Waals surface area (Å²) >= 11 is 1.54. The third-order valence-corrected chi connectivity index (χ3v) is 7.16. The molecular weight excluding hydrogens is 418 g/mol. The number of aliphatic imine (C=N–C) groups is 1. The minimum Gasteiger partial charge on any atom is -0.481 e. The molecule has 4 rings (SSSR count). The number of thioether (sulfide) groups is 1. The van der Waals surface area contributed by atoms with E-state index in [1.165, 1.54) is 0 Å². The number of nitrogens with zero attached hydrogens (tertiary/aromatic N) is 4. The molecule has 168 valence electrons. The number of H-pyrrole nitrogens is 1. The van der Waals surface area contributed by atoms with Crippen LogP contribution >= 0.6 is 11.8 Å². The van der Waals surface area contributed by atoms with E-state index < -0.39 is 5.97 Å². The monoisotopic (exact) mass is 447 g/mol. The molecule has 1 saturated heterocycles. The molecule has 2 aromatic rings. The number of aliphatic carboxylic acids is 1. The van der Waals surface area contributed by atoms with Crippen molar-refractivity contribution in [1.82, 2.24) is 19.6 Å². The van der Waals surface area contributed by atoms with Gasteiger partial charge in [0.05, 0.1) is 46.2 Å². The predicted molar refractivity (Wildman–Crippen MR) is 120 cm³/mol. The summed E-state index contributed by atoms with van der Waals surface area (Å²) in [4.78, 5) is 28.9. The number of carboxylic acids is 1. The number of rotatable bonds is 5. The fourth-order valence-electron chi connectivity index (χ4n) is 4.61. The van der Waals surface area contributed by atoms with E-state index in [2.05, 4.69) is 24.0 Å². The van der Waals surface area contributed by atoms with Gasteiger partial charge in [0.25, 0.3) is 5.56 Å². The summed E-state index contributed by atoms with van der Waals surface area (Å²) in [5.41, 5.74) is 2.91.